The molecule has 0 aromatic carbocycles. The molecule has 0 unspecified atom stereocenters. The van der Waals surface area contributed by atoms with E-state index in [4.69, 9.17) is 9.47 Å². The molecule has 6 nitrogen and oxygen atoms in total. The van der Waals surface area contributed by atoms with Gasteiger partial charge in [0.15, 0.2) is 0 Å². The third-order valence-corrected chi connectivity index (χ3v) is 4.77. The molecule has 1 saturated heterocycles. The van der Waals surface area contributed by atoms with Crippen molar-refractivity contribution < 1.29 is 19.1 Å². The fourth-order valence-electron chi connectivity index (χ4n) is 2.53. The largest absolute Gasteiger partial charge is 0.465 e. The van der Waals surface area contributed by atoms with Gasteiger partial charge in [-0.15, -0.1) is 11.3 Å². The van der Waals surface area contributed by atoms with Crippen molar-refractivity contribution in [1.82, 2.24) is 4.90 Å². The molecule has 0 aliphatic carbocycles. The lowest BCUT2D eigenvalue weighted by atomic mass is 9.98. The van der Waals surface area contributed by atoms with Gasteiger partial charge in [0.1, 0.15) is 4.88 Å². The predicted molar refractivity (Wildman–Crippen MR) is 103 cm³/mol. The fraction of sp³-hybridized carbons (Fsp3) is 0.579. The molecular formula is C19H26N2O4S. The van der Waals surface area contributed by atoms with Crippen LogP contribution in [-0.4, -0.2) is 49.8 Å². The van der Waals surface area contributed by atoms with Crippen LogP contribution in [0.15, 0.2) is 6.07 Å². The van der Waals surface area contributed by atoms with E-state index in [2.05, 4.69) is 17.2 Å². The number of rotatable bonds is 4. The first-order chi connectivity index (χ1) is 12.2. The van der Waals surface area contributed by atoms with Crippen LogP contribution < -0.4 is 5.32 Å². The van der Waals surface area contributed by atoms with Crippen molar-refractivity contribution in [3.05, 3.63) is 15.8 Å². The van der Waals surface area contributed by atoms with E-state index in [9.17, 15) is 9.59 Å². The van der Waals surface area contributed by atoms with Gasteiger partial charge in [0.25, 0.3) is 0 Å². The Morgan fingerprint density at radius 3 is 2.77 bits per heavy atom. The predicted octanol–water partition coefficient (Wildman–Crippen LogP) is 3.58. The molecule has 1 aliphatic heterocycles. The van der Waals surface area contributed by atoms with Gasteiger partial charge in [0, 0.05) is 24.5 Å². The van der Waals surface area contributed by atoms with E-state index in [1.807, 2.05) is 26.8 Å². The Hall–Kier alpha value is -2.20. The number of hydrogen-bond acceptors (Lipinski definition) is 6. The Balaban J connectivity index is 2.15. The summed E-state index contributed by atoms with van der Waals surface area (Å²) >= 11 is 1.32. The number of thiophene rings is 1. The van der Waals surface area contributed by atoms with E-state index in [1.165, 1.54) is 18.4 Å². The Bertz CT molecular complexity index is 724. The summed E-state index contributed by atoms with van der Waals surface area (Å²) in [5.41, 5.74) is 0.588. The molecule has 2 rings (SSSR count). The van der Waals surface area contributed by atoms with Crippen molar-refractivity contribution >= 4 is 29.1 Å². The lowest BCUT2D eigenvalue weighted by molar-refractivity contribution is 0.0607. The zero-order valence-corrected chi connectivity index (χ0v) is 16.8. The number of ether oxygens (including phenoxy) is 2. The molecule has 0 saturated carbocycles. The van der Waals surface area contributed by atoms with E-state index in [0.29, 0.717) is 30.3 Å². The zero-order chi connectivity index (χ0) is 19.3. The average molecular weight is 378 g/mol. The molecule has 1 fully saturated rings. The zero-order valence-electron chi connectivity index (χ0n) is 16.0. The number of methoxy groups -OCH3 is 1. The minimum absolute atomic E-state index is 0.0563. The van der Waals surface area contributed by atoms with Gasteiger partial charge in [-0.25, -0.2) is 9.59 Å². The van der Waals surface area contributed by atoms with Crippen molar-refractivity contribution in [2.75, 3.05) is 32.1 Å². The van der Waals surface area contributed by atoms with Gasteiger partial charge in [0.2, 0.25) is 0 Å². The first-order valence-corrected chi connectivity index (χ1v) is 9.48. The number of anilines is 1. The van der Waals surface area contributed by atoms with Gasteiger partial charge in [-0.05, 0) is 40.2 Å². The second kappa shape index (κ2) is 8.45. The topological polar surface area (TPSA) is 67.9 Å². The quantitative estimate of drug-likeness (QED) is 0.641. The first-order valence-electron chi connectivity index (χ1n) is 8.67. The highest BCUT2D eigenvalue weighted by Gasteiger charge is 2.28. The van der Waals surface area contributed by atoms with Crippen LogP contribution in [0, 0.1) is 17.3 Å². The fourth-order valence-corrected chi connectivity index (χ4v) is 3.43. The second-order valence-corrected chi connectivity index (χ2v) is 8.17. The number of likely N-dealkylation sites (tertiary alicyclic amines) is 1. The average Bonchev–Trinajstić information content (AvgIpc) is 3.19. The molecule has 1 N–H and O–H groups in total. The molecule has 26 heavy (non-hydrogen) atoms. The summed E-state index contributed by atoms with van der Waals surface area (Å²) < 4.78 is 9.93. The Morgan fingerprint density at radius 2 is 2.15 bits per heavy atom. The summed E-state index contributed by atoms with van der Waals surface area (Å²) in [6, 6.07) is 1.93. The number of carbonyl (C=O) groups excluding carboxylic acids is 2. The van der Waals surface area contributed by atoms with Crippen LogP contribution in [0.3, 0.4) is 0 Å². The summed E-state index contributed by atoms with van der Waals surface area (Å²) in [6.07, 6.45) is 0.491. The second-order valence-electron chi connectivity index (χ2n) is 7.12. The number of esters is 1. The summed E-state index contributed by atoms with van der Waals surface area (Å²) in [4.78, 5) is 26.9. The summed E-state index contributed by atoms with van der Waals surface area (Å²) in [7, 11) is 1.37. The molecule has 2 heterocycles. The normalized spacial score (nSPS) is 16.7. The number of amides is 1. The number of nitrogens with one attached hydrogen (secondary N) is 1. The van der Waals surface area contributed by atoms with Crippen molar-refractivity contribution in [1.29, 1.82) is 0 Å². The van der Waals surface area contributed by atoms with Crippen LogP contribution in [0.25, 0.3) is 0 Å². The highest BCUT2D eigenvalue weighted by atomic mass is 32.1. The van der Waals surface area contributed by atoms with Crippen LogP contribution in [-0.2, 0) is 9.47 Å². The molecule has 0 spiro atoms. The summed E-state index contributed by atoms with van der Waals surface area (Å²) in [5, 5.41) is 3.36. The van der Waals surface area contributed by atoms with Gasteiger partial charge < -0.3 is 19.7 Å². The lowest BCUT2D eigenvalue weighted by Gasteiger charge is -2.17. The minimum atomic E-state index is -0.387. The van der Waals surface area contributed by atoms with Crippen molar-refractivity contribution in [2.45, 2.75) is 40.2 Å². The summed E-state index contributed by atoms with van der Waals surface area (Å²) in [6.45, 7) is 9.44. The molecule has 7 heteroatoms. The van der Waals surface area contributed by atoms with Gasteiger partial charge in [-0.2, -0.15) is 0 Å². The maximum absolute atomic E-state index is 12.1. The van der Waals surface area contributed by atoms with E-state index in [1.54, 1.807) is 11.8 Å². The van der Waals surface area contributed by atoms with Gasteiger partial charge >= 0.3 is 12.1 Å². The van der Waals surface area contributed by atoms with Crippen molar-refractivity contribution in [3.8, 4) is 11.8 Å². The molecule has 1 aromatic heterocycles. The van der Waals surface area contributed by atoms with E-state index < -0.39 is 0 Å². The smallest absolute Gasteiger partial charge is 0.409 e. The molecule has 0 radical (unpaired) electrons. The standard InChI is InChI=1S/C19H26N2O4S/c1-6-25-18(23)21-10-8-13(12-21)20-15-11-14(7-9-19(2,3)4)26-16(15)17(22)24-5/h11,13,20H,6,8,10,12H2,1-5H3/t13-/m0/s1. The van der Waals surface area contributed by atoms with Crippen LogP contribution >= 0.6 is 11.3 Å². The molecule has 1 atom stereocenters. The van der Waals surface area contributed by atoms with Crippen LogP contribution in [0.5, 0.6) is 0 Å². The van der Waals surface area contributed by atoms with Gasteiger partial charge in [0.05, 0.1) is 24.3 Å². The maximum atomic E-state index is 12.1. The molecule has 1 aromatic rings. The molecular weight excluding hydrogens is 352 g/mol. The first kappa shape index (κ1) is 20.1. The number of hydrogen-bond donors (Lipinski definition) is 1. The Kier molecular flexibility index (Phi) is 6.54. The van der Waals surface area contributed by atoms with Gasteiger partial charge in [-0.3, -0.25) is 0 Å². The monoisotopic (exact) mass is 378 g/mol. The third-order valence-electron chi connectivity index (χ3n) is 3.74. The number of carbonyl (C=O) groups is 2. The van der Waals surface area contributed by atoms with Crippen LogP contribution in [0.4, 0.5) is 10.5 Å². The Labute approximate surface area is 158 Å². The van der Waals surface area contributed by atoms with E-state index in [-0.39, 0.29) is 23.5 Å². The van der Waals surface area contributed by atoms with Gasteiger partial charge in [-0.1, -0.05) is 11.8 Å². The lowest BCUT2D eigenvalue weighted by Crippen LogP contribution is -2.32. The Morgan fingerprint density at radius 1 is 1.42 bits per heavy atom. The maximum Gasteiger partial charge on any atom is 0.409 e. The molecule has 142 valence electrons. The van der Waals surface area contributed by atoms with Crippen molar-refractivity contribution in [2.24, 2.45) is 5.41 Å². The minimum Gasteiger partial charge on any atom is -0.465 e. The SMILES string of the molecule is CCOC(=O)N1CC[C@H](Nc2cc(C#CC(C)(C)C)sc2C(=O)OC)C1. The van der Waals surface area contributed by atoms with Crippen molar-refractivity contribution in [3.63, 3.8) is 0 Å². The molecule has 1 aliphatic rings. The highest BCUT2D eigenvalue weighted by molar-refractivity contribution is 7.15. The summed E-state index contributed by atoms with van der Waals surface area (Å²) in [5.74, 6) is 5.92. The highest BCUT2D eigenvalue weighted by Crippen LogP contribution is 2.30. The van der Waals surface area contributed by atoms with Crippen LogP contribution in [0.2, 0.25) is 0 Å². The van der Waals surface area contributed by atoms with E-state index >= 15 is 0 Å². The molecule has 1 amide bonds. The third kappa shape index (κ3) is 5.40. The molecule has 0 bridgehead atoms. The number of nitrogens with zero attached hydrogens (tertiary/aromatic N) is 1. The van der Waals surface area contributed by atoms with Crippen LogP contribution in [0.1, 0.15) is 48.7 Å². The van der Waals surface area contributed by atoms with E-state index in [0.717, 1.165) is 11.3 Å².